The first kappa shape index (κ1) is 24.8. The molecule has 1 fully saturated rings. The highest BCUT2D eigenvalue weighted by Gasteiger charge is 2.30. The van der Waals surface area contributed by atoms with Gasteiger partial charge in [-0.2, -0.15) is 18.3 Å². The first-order chi connectivity index (χ1) is 17.7. The maximum Gasteiger partial charge on any atom is 0.416 e. The lowest BCUT2D eigenvalue weighted by atomic mass is 10.1. The maximum atomic E-state index is 13.1. The molecular weight excluding hydrogens is 505 g/mol. The standard InChI is InChI=1S/C27H22ClF3N4O2/c28-22-11-6-17(14-32-25(36)13-16-4-5-16)12-20(22)26(37)34-23-2-1-3-24-21(23)15-33-35(24)19-9-7-18(8-10-19)27(29,30)31/h1-3,6-12,15-16H,4-5,13-14H2,(H,32,36)(H,34,37). The van der Waals surface area contributed by atoms with Crippen LogP contribution in [0, 0.1) is 5.92 Å². The van der Waals surface area contributed by atoms with Crippen molar-refractivity contribution >= 4 is 40.0 Å². The summed E-state index contributed by atoms with van der Waals surface area (Å²) in [5.41, 5.74) is 1.78. The minimum absolute atomic E-state index is 0.0137. The van der Waals surface area contributed by atoms with Gasteiger partial charge < -0.3 is 10.6 Å². The summed E-state index contributed by atoms with van der Waals surface area (Å²) in [6.45, 7) is 0.290. The van der Waals surface area contributed by atoms with Crippen LogP contribution >= 0.6 is 11.6 Å². The molecule has 6 nitrogen and oxygen atoms in total. The molecule has 190 valence electrons. The number of amides is 2. The molecule has 5 rings (SSSR count). The fourth-order valence-electron chi connectivity index (χ4n) is 4.06. The van der Waals surface area contributed by atoms with E-state index < -0.39 is 17.6 Å². The molecule has 0 radical (unpaired) electrons. The van der Waals surface area contributed by atoms with Gasteiger partial charge in [0.25, 0.3) is 5.91 Å². The van der Waals surface area contributed by atoms with Crippen molar-refractivity contribution in [1.29, 1.82) is 0 Å². The number of aromatic nitrogens is 2. The molecule has 1 aromatic heterocycles. The van der Waals surface area contributed by atoms with Gasteiger partial charge in [-0.3, -0.25) is 9.59 Å². The summed E-state index contributed by atoms with van der Waals surface area (Å²) >= 11 is 6.30. The third-order valence-corrected chi connectivity index (χ3v) is 6.57. The van der Waals surface area contributed by atoms with E-state index in [0.717, 1.165) is 30.5 Å². The van der Waals surface area contributed by atoms with E-state index in [1.165, 1.54) is 23.0 Å². The summed E-state index contributed by atoms with van der Waals surface area (Å²) < 4.78 is 40.3. The zero-order valence-corrected chi connectivity index (χ0v) is 20.2. The predicted octanol–water partition coefficient (Wildman–Crippen LogP) is 6.37. The number of anilines is 1. The van der Waals surface area contributed by atoms with Gasteiger partial charge >= 0.3 is 6.18 Å². The third-order valence-electron chi connectivity index (χ3n) is 6.24. The van der Waals surface area contributed by atoms with Gasteiger partial charge in [-0.15, -0.1) is 0 Å². The number of fused-ring (bicyclic) bond motifs is 1. The van der Waals surface area contributed by atoms with Crippen LogP contribution in [0.3, 0.4) is 0 Å². The largest absolute Gasteiger partial charge is 0.416 e. The molecule has 1 heterocycles. The highest BCUT2D eigenvalue weighted by molar-refractivity contribution is 6.34. The van der Waals surface area contributed by atoms with Crippen LogP contribution in [0.25, 0.3) is 16.6 Å². The molecule has 0 saturated heterocycles. The Kier molecular flexibility index (Phi) is 6.64. The topological polar surface area (TPSA) is 76.0 Å². The van der Waals surface area contributed by atoms with E-state index in [1.54, 1.807) is 36.4 Å². The number of carbonyl (C=O) groups excluding carboxylic acids is 2. The minimum atomic E-state index is -4.43. The van der Waals surface area contributed by atoms with Crippen molar-refractivity contribution in [2.75, 3.05) is 5.32 Å². The maximum absolute atomic E-state index is 13.1. The molecule has 0 aliphatic heterocycles. The molecule has 0 unspecified atom stereocenters. The molecule has 3 aromatic carbocycles. The van der Waals surface area contributed by atoms with E-state index in [0.29, 0.717) is 41.2 Å². The van der Waals surface area contributed by atoms with E-state index in [9.17, 15) is 22.8 Å². The molecule has 0 spiro atoms. The van der Waals surface area contributed by atoms with Crippen LogP contribution in [0.4, 0.5) is 18.9 Å². The average Bonchev–Trinajstić information content (AvgIpc) is 3.57. The molecule has 37 heavy (non-hydrogen) atoms. The Labute approximate surface area is 215 Å². The Hall–Kier alpha value is -3.85. The number of carbonyl (C=O) groups is 2. The van der Waals surface area contributed by atoms with Gasteiger partial charge in [0.15, 0.2) is 0 Å². The molecule has 2 amide bonds. The SMILES string of the molecule is O=C(CC1CC1)NCc1ccc(Cl)c(C(=O)Nc2cccc3c2cnn3-c2ccc(C(F)(F)F)cc2)c1. The number of hydrogen-bond acceptors (Lipinski definition) is 3. The van der Waals surface area contributed by atoms with Crippen LogP contribution in [-0.4, -0.2) is 21.6 Å². The molecule has 0 bridgehead atoms. The van der Waals surface area contributed by atoms with E-state index >= 15 is 0 Å². The fourth-order valence-corrected chi connectivity index (χ4v) is 4.26. The van der Waals surface area contributed by atoms with Crippen LogP contribution < -0.4 is 10.6 Å². The average molecular weight is 527 g/mol. The van der Waals surface area contributed by atoms with Crippen LogP contribution in [0.1, 0.15) is 40.7 Å². The Morgan fingerprint density at radius 2 is 1.81 bits per heavy atom. The molecule has 4 aromatic rings. The van der Waals surface area contributed by atoms with E-state index in [-0.39, 0.29) is 16.5 Å². The highest BCUT2D eigenvalue weighted by atomic mass is 35.5. The van der Waals surface area contributed by atoms with Crippen LogP contribution in [0.5, 0.6) is 0 Å². The van der Waals surface area contributed by atoms with Crippen molar-refractivity contribution in [2.45, 2.75) is 32.0 Å². The summed E-state index contributed by atoms with van der Waals surface area (Å²) in [5.74, 6) is 0.0315. The number of halogens is 4. The van der Waals surface area contributed by atoms with Gasteiger partial charge in [0.05, 0.1) is 39.2 Å². The van der Waals surface area contributed by atoms with Crippen LogP contribution in [0.2, 0.25) is 5.02 Å². The highest BCUT2D eigenvalue weighted by Crippen LogP contribution is 2.33. The second kappa shape index (κ2) is 9.89. The molecule has 1 aliphatic rings. The molecule has 1 saturated carbocycles. The van der Waals surface area contributed by atoms with E-state index in [4.69, 9.17) is 11.6 Å². The molecule has 10 heteroatoms. The zero-order chi connectivity index (χ0) is 26.2. The zero-order valence-electron chi connectivity index (χ0n) is 19.5. The number of nitrogens with one attached hydrogen (secondary N) is 2. The first-order valence-electron chi connectivity index (χ1n) is 11.7. The molecule has 2 N–H and O–H groups in total. The number of benzene rings is 3. The molecule has 0 atom stereocenters. The number of nitrogens with zero attached hydrogens (tertiary/aromatic N) is 2. The summed E-state index contributed by atoms with van der Waals surface area (Å²) in [7, 11) is 0. The number of alkyl halides is 3. The van der Waals surface area contributed by atoms with Gasteiger partial charge in [0.1, 0.15) is 0 Å². The monoisotopic (exact) mass is 526 g/mol. The van der Waals surface area contributed by atoms with Crippen molar-refractivity contribution in [3.05, 3.63) is 88.6 Å². The molecule has 1 aliphatic carbocycles. The fraction of sp³-hybridized carbons (Fsp3) is 0.222. The Morgan fingerprint density at radius 1 is 1.05 bits per heavy atom. The summed E-state index contributed by atoms with van der Waals surface area (Å²) in [6.07, 6.45) is -0.187. The quantitative estimate of drug-likeness (QED) is 0.294. The van der Waals surface area contributed by atoms with Crippen molar-refractivity contribution in [1.82, 2.24) is 15.1 Å². The van der Waals surface area contributed by atoms with E-state index in [1.807, 2.05) is 0 Å². The number of rotatable bonds is 7. The smallest absolute Gasteiger partial charge is 0.352 e. The van der Waals surface area contributed by atoms with Crippen LogP contribution in [0.15, 0.2) is 66.9 Å². The first-order valence-corrected chi connectivity index (χ1v) is 12.1. The lowest BCUT2D eigenvalue weighted by Crippen LogP contribution is -2.23. The van der Waals surface area contributed by atoms with Crippen molar-refractivity contribution in [2.24, 2.45) is 5.92 Å². The summed E-state index contributed by atoms with van der Waals surface area (Å²) in [4.78, 5) is 25.1. The van der Waals surface area contributed by atoms with Crippen molar-refractivity contribution < 1.29 is 22.8 Å². The van der Waals surface area contributed by atoms with Crippen molar-refractivity contribution in [3.63, 3.8) is 0 Å². The van der Waals surface area contributed by atoms with Gasteiger partial charge in [-0.25, -0.2) is 4.68 Å². The van der Waals surface area contributed by atoms with Gasteiger partial charge in [0, 0.05) is 18.4 Å². The lowest BCUT2D eigenvalue weighted by Gasteiger charge is -2.11. The summed E-state index contributed by atoms with van der Waals surface area (Å²) in [6, 6.07) is 14.9. The van der Waals surface area contributed by atoms with Gasteiger partial charge in [0.2, 0.25) is 5.91 Å². The summed E-state index contributed by atoms with van der Waals surface area (Å²) in [5, 5.41) is 10.9. The van der Waals surface area contributed by atoms with Gasteiger partial charge in [-0.05, 0) is 72.9 Å². The minimum Gasteiger partial charge on any atom is -0.352 e. The Bertz CT molecular complexity index is 1480. The van der Waals surface area contributed by atoms with Gasteiger partial charge in [-0.1, -0.05) is 23.7 Å². The van der Waals surface area contributed by atoms with Crippen molar-refractivity contribution in [3.8, 4) is 5.69 Å². The second-order valence-corrected chi connectivity index (χ2v) is 9.44. The van der Waals surface area contributed by atoms with E-state index in [2.05, 4.69) is 15.7 Å². The normalized spacial score (nSPS) is 13.5. The number of hydrogen-bond donors (Lipinski definition) is 2. The third kappa shape index (κ3) is 5.61. The lowest BCUT2D eigenvalue weighted by molar-refractivity contribution is -0.137. The Balaban J connectivity index is 1.34. The predicted molar refractivity (Wildman–Crippen MR) is 135 cm³/mol. The molecular formula is C27H22ClF3N4O2. The Morgan fingerprint density at radius 3 is 2.51 bits per heavy atom. The second-order valence-electron chi connectivity index (χ2n) is 9.03. The van der Waals surface area contributed by atoms with Crippen LogP contribution in [-0.2, 0) is 17.5 Å².